The first-order valence-corrected chi connectivity index (χ1v) is 6.76. The van der Waals surface area contributed by atoms with Crippen molar-refractivity contribution in [3.05, 3.63) is 51.8 Å². The molecule has 1 aromatic heterocycles. The average Bonchev–Trinajstić information content (AvgIpc) is 2.59. The van der Waals surface area contributed by atoms with Crippen molar-refractivity contribution < 1.29 is 5.11 Å². The van der Waals surface area contributed by atoms with Crippen LogP contribution in [0.2, 0.25) is 5.02 Å². The molecular formula is C15H19ClN2O. The first kappa shape index (κ1) is 14.1. The van der Waals surface area contributed by atoms with Crippen LogP contribution >= 0.6 is 11.6 Å². The molecule has 0 radical (unpaired) electrons. The maximum Gasteiger partial charge on any atom is 0.0847 e. The third-order valence-corrected chi connectivity index (χ3v) is 3.77. The standard InChI is InChI=1S/C15H19ClN2O/c1-10-4-6-12(7-5-10)8-13(19)9-14-15(16)11(2)17-18(14)3/h4-7,13,19H,8-9H2,1-3H3. The van der Waals surface area contributed by atoms with Gasteiger partial charge in [-0.05, 0) is 25.8 Å². The largest absolute Gasteiger partial charge is 0.392 e. The first-order valence-electron chi connectivity index (χ1n) is 6.39. The summed E-state index contributed by atoms with van der Waals surface area (Å²) < 4.78 is 1.75. The predicted octanol–water partition coefficient (Wildman–Crippen LogP) is 2.84. The molecule has 0 amide bonds. The molecule has 0 aliphatic rings. The summed E-state index contributed by atoms with van der Waals surface area (Å²) >= 11 is 6.19. The Morgan fingerprint density at radius 2 is 1.84 bits per heavy atom. The molecule has 0 bridgehead atoms. The van der Waals surface area contributed by atoms with Crippen LogP contribution in [-0.2, 0) is 19.9 Å². The fraction of sp³-hybridized carbons (Fsp3) is 0.400. The third kappa shape index (κ3) is 3.37. The summed E-state index contributed by atoms with van der Waals surface area (Å²) in [5.74, 6) is 0. The van der Waals surface area contributed by atoms with Gasteiger partial charge >= 0.3 is 0 Å². The second kappa shape index (κ2) is 5.76. The molecule has 0 aliphatic heterocycles. The van der Waals surface area contributed by atoms with Crippen LogP contribution in [0.15, 0.2) is 24.3 Å². The minimum atomic E-state index is -0.449. The van der Waals surface area contributed by atoms with E-state index in [1.807, 2.05) is 14.0 Å². The number of aromatic nitrogens is 2. The SMILES string of the molecule is Cc1ccc(CC(O)Cc2c(Cl)c(C)nn2C)cc1. The van der Waals surface area contributed by atoms with E-state index in [1.54, 1.807) is 4.68 Å². The van der Waals surface area contributed by atoms with Gasteiger partial charge in [-0.1, -0.05) is 41.4 Å². The Morgan fingerprint density at radius 3 is 2.37 bits per heavy atom. The van der Waals surface area contributed by atoms with Gasteiger partial charge < -0.3 is 5.11 Å². The maximum absolute atomic E-state index is 10.2. The number of halogens is 1. The van der Waals surface area contributed by atoms with E-state index < -0.39 is 6.10 Å². The summed E-state index contributed by atoms with van der Waals surface area (Å²) in [4.78, 5) is 0. The van der Waals surface area contributed by atoms with Crippen molar-refractivity contribution in [2.75, 3.05) is 0 Å². The zero-order valence-corrected chi connectivity index (χ0v) is 12.3. The van der Waals surface area contributed by atoms with Crippen molar-refractivity contribution in [1.29, 1.82) is 0 Å². The van der Waals surface area contributed by atoms with Crippen molar-refractivity contribution in [2.24, 2.45) is 7.05 Å². The van der Waals surface area contributed by atoms with Crippen molar-refractivity contribution in [3.63, 3.8) is 0 Å². The lowest BCUT2D eigenvalue weighted by molar-refractivity contribution is 0.173. The van der Waals surface area contributed by atoms with Gasteiger partial charge in [-0.15, -0.1) is 0 Å². The highest BCUT2D eigenvalue weighted by Gasteiger charge is 2.15. The molecule has 2 aromatic rings. The number of nitrogens with zero attached hydrogens (tertiary/aromatic N) is 2. The molecule has 1 heterocycles. The summed E-state index contributed by atoms with van der Waals surface area (Å²) in [6.45, 7) is 3.93. The van der Waals surface area contributed by atoms with Gasteiger partial charge in [-0.25, -0.2) is 0 Å². The summed E-state index contributed by atoms with van der Waals surface area (Å²) in [6.07, 6.45) is 0.695. The monoisotopic (exact) mass is 278 g/mol. The second-order valence-electron chi connectivity index (χ2n) is 5.02. The van der Waals surface area contributed by atoms with Crippen LogP contribution in [-0.4, -0.2) is 21.0 Å². The normalized spacial score (nSPS) is 12.7. The summed E-state index contributed by atoms with van der Waals surface area (Å²) in [7, 11) is 1.85. The topological polar surface area (TPSA) is 38.1 Å². The van der Waals surface area contributed by atoms with Gasteiger partial charge in [-0.2, -0.15) is 5.10 Å². The smallest absolute Gasteiger partial charge is 0.0847 e. The van der Waals surface area contributed by atoms with E-state index in [1.165, 1.54) is 5.56 Å². The van der Waals surface area contributed by atoms with Crippen LogP contribution < -0.4 is 0 Å². The van der Waals surface area contributed by atoms with Gasteiger partial charge in [0.2, 0.25) is 0 Å². The highest BCUT2D eigenvalue weighted by molar-refractivity contribution is 6.31. The number of hydrogen-bond acceptors (Lipinski definition) is 2. The van der Waals surface area contributed by atoms with Crippen molar-refractivity contribution >= 4 is 11.6 Å². The molecule has 1 atom stereocenters. The Morgan fingerprint density at radius 1 is 1.21 bits per heavy atom. The summed E-state index contributed by atoms with van der Waals surface area (Å²) in [5, 5.41) is 15.1. The number of hydrogen-bond donors (Lipinski definition) is 1. The van der Waals surface area contributed by atoms with Gasteiger partial charge in [0.15, 0.2) is 0 Å². The molecule has 0 spiro atoms. The number of aliphatic hydroxyl groups excluding tert-OH is 1. The molecule has 3 nitrogen and oxygen atoms in total. The van der Waals surface area contributed by atoms with E-state index in [0.717, 1.165) is 17.0 Å². The number of rotatable bonds is 4. The van der Waals surface area contributed by atoms with Crippen molar-refractivity contribution in [2.45, 2.75) is 32.8 Å². The molecular weight excluding hydrogens is 260 g/mol. The van der Waals surface area contributed by atoms with E-state index in [-0.39, 0.29) is 0 Å². The van der Waals surface area contributed by atoms with Gasteiger partial charge in [0.25, 0.3) is 0 Å². The van der Waals surface area contributed by atoms with E-state index in [9.17, 15) is 5.11 Å². The fourth-order valence-corrected chi connectivity index (χ4v) is 2.43. The molecule has 19 heavy (non-hydrogen) atoms. The quantitative estimate of drug-likeness (QED) is 0.934. The minimum Gasteiger partial charge on any atom is -0.392 e. The van der Waals surface area contributed by atoms with Gasteiger partial charge in [0.05, 0.1) is 22.5 Å². The Labute approximate surface area is 118 Å². The zero-order chi connectivity index (χ0) is 14.0. The number of aryl methyl sites for hydroxylation is 3. The summed E-state index contributed by atoms with van der Waals surface area (Å²) in [5.41, 5.74) is 4.05. The molecule has 0 fully saturated rings. The average molecular weight is 279 g/mol. The van der Waals surface area contributed by atoms with Crippen LogP contribution in [0.3, 0.4) is 0 Å². The van der Waals surface area contributed by atoms with Crippen LogP contribution in [0.25, 0.3) is 0 Å². The van der Waals surface area contributed by atoms with Crippen LogP contribution in [0.5, 0.6) is 0 Å². The molecule has 1 aromatic carbocycles. The third-order valence-electron chi connectivity index (χ3n) is 3.28. The lowest BCUT2D eigenvalue weighted by atomic mass is 10.0. The molecule has 102 valence electrons. The van der Waals surface area contributed by atoms with Crippen LogP contribution in [0, 0.1) is 13.8 Å². The molecule has 1 unspecified atom stereocenters. The van der Waals surface area contributed by atoms with E-state index in [2.05, 4.69) is 36.3 Å². The van der Waals surface area contributed by atoms with Crippen molar-refractivity contribution in [1.82, 2.24) is 9.78 Å². The Balaban J connectivity index is 2.05. The lowest BCUT2D eigenvalue weighted by Crippen LogP contribution is -2.16. The molecule has 2 rings (SSSR count). The van der Waals surface area contributed by atoms with Gasteiger partial charge in [0.1, 0.15) is 0 Å². The summed E-state index contributed by atoms with van der Waals surface area (Å²) in [6, 6.07) is 8.22. The maximum atomic E-state index is 10.2. The number of benzene rings is 1. The molecule has 0 saturated heterocycles. The van der Waals surface area contributed by atoms with Crippen molar-refractivity contribution in [3.8, 4) is 0 Å². The van der Waals surface area contributed by atoms with Gasteiger partial charge in [0, 0.05) is 13.5 Å². The van der Waals surface area contributed by atoms with E-state index in [0.29, 0.717) is 17.9 Å². The van der Waals surface area contributed by atoms with E-state index >= 15 is 0 Å². The zero-order valence-electron chi connectivity index (χ0n) is 11.5. The van der Waals surface area contributed by atoms with Crippen LogP contribution in [0.1, 0.15) is 22.5 Å². The van der Waals surface area contributed by atoms with Gasteiger partial charge in [-0.3, -0.25) is 4.68 Å². The fourth-order valence-electron chi connectivity index (χ4n) is 2.19. The molecule has 0 saturated carbocycles. The highest BCUT2D eigenvalue weighted by Crippen LogP contribution is 2.21. The lowest BCUT2D eigenvalue weighted by Gasteiger charge is -2.11. The predicted molar refractivity (Wildman–Crippen MR) is 77.5 cm³/mol. The molecule has 1 N–H and O–H groups in total. The second-order valence-corrected chi connectivity index (χ2v) is 5.40. The van der Waals surface area contributed by atoms with Crippen LogP contribution in [0.4, 0.5) is 0 Å². The molecule has 0 aliphatic carbocycles. The first-order chi connectivity index (χ1) is 8.97. The Bertz CT molecular complexity index is 560. The Hall–Kier alpha value is -1.32. The highest BCUT2D eigenvalue weighted by atomic mass is 35.5. The van der Waals surface area contributed by atoms with E-state index in [4.69, 9.17) is 11.6 Å². The minimum absolute atomic E-state index is 0.449. The molecule has 4 heteroatoms. The Kier molecular flexibility index (Phi) is 4.27. The number of aliphatic hydroxyl groups is 1.